The minimum Gasteiger partial charge on any atom is -0.355 e. The fourth-order valence-corrected chi connectivity index (χ4v) is 2.57. The van der Waals surface area contributed by atoms with E-state index >= 15 is 0 Å². The van der Waals surface area contributed by atoms with E-state index in [0.29, 0.717) is 5.56 Å². The number of anilines is 2. The summed E-state index contributed by atoms with van der Waals surface area (Å²) < 4.78 is 1.09. The maximum absolute atomic E-state index is 8.76. The Bertz CT molecular complexity index is 586. The average molecular weight is 301 g/mol. The highest BCUT2D eigenvalue weighted by atomic mass is 79.9. The number of nitrogens with zero attached hydrogens (tertiary/aromatic N) is 1. The third kappa shape index (κ3) is 2.72. The van der Waals surface area contributed by atoms with Crippen molar-refractivity contribution in [1.82, 2.24) is 0 Å². The number of halogens is 1. The molecule has 0 radical (unpaired) electrons. The van der Waals surface area contributed by atoms with Crippen LogP contribution in [-0.2, 0) is 0 Å². The van der Waals surface area contributed by atoms with E-state index in [1.165, 1.54) is 11.1 Å². The third-order valence-electron chi connectivity index (χ3n) is 2.78. The summed E-state index contributed by atoms with van der Waals surface area (Å²) in [6.45, 7) is 4.15. The minimum absolute atomic E-state index is 0.671. The van der Waals surface area contributed by atoms with Crippen LogP contribution < -0.4 is 5.32 Å². The van der Waals surface area contributed by atoms with E-state index in [-0.39, 0.29) is 0 Å². The van der Waals surface area contributed by atoms with Crippen molar-refractivity contribution >= 4 is 27.3 Å². The summed E-state index contributed by atoms with van der Waals surface area (Å²) >= 11 is 3.49. The van der Waals surface area contributed by atoms with Crippen molar-refractivity contribution in [3.63, 3.8) is 0 Å². The molecule has 0 bridgehead atoms. The second kappa shape index (κ2) is 5.24. The number of benzene rings is 2. The molecule has 0 saturated carbocycles. The monoisotopic (exact) mass is 300 g/mol. The second-order valence-electron chi connectivity index (χ2n) is 4.23. The Labute approximate surface area is 115 Å². The maximum atomic E-state index is 8.76. The summed E-state index contributed by atoms with van der Waals surface area (Å²) in [5.74, 6) is 0. The van der Waals surface area contributed by atoms with Crippen LogP contribution in [0.15, 0.2) is 40.9 Å². The Morgan fingerprint density at radius 3 is 2.11 bits per heavy atom. The molecule has 0 amide bonds. The van der Waals surface area contributed by atoms with Crippen molar-refractivity contribution in [2.24, 2.45) is 0 Å². The summed E-state index contributed by atoms with van der Waals surface area (Å²) in [5, 5.41) is 12.2. The van der Waals surface area contributed by atoms with E-state index in [1.54, 1.807) is 0 Å². The third-order valence-corrected chi connectivity index (χ3v) is 3.24. The van der Waals surface area contributed by atoms with Gasteiger partial charge in [0, 0.05) is 15.8 Å². The number of nitriles is 1. The normalized spacial score (nSPS) is 9.89. The summed E-state index contributed by atoms with van der Waals surface area (Å²) in [5.41, 5.74) is 5.15. The molecule has 2 aromatic rings. The molecule has 3 heteroatoms. The number of hydrogen-bond donors (Lipinski definition) is 1. The predicted molar refractivity (Wildman–Crippen MR) is 78.1 cm³/mol. The smallest absolute Gasteiger partial charge is 0.0991 e. The zero-order valence-corrected chi connectivity index (χ0v) is 11.9. The Morgan fingerprint density at radius 2 is 1.61 bits per heavy atom. The SMILES string of the molecule is Cc1cc(Br)cc(C)c1Nc1ccc(C#N)cc1. The first-order valence-corrected chi connectivity index (χ1v) is 6.43. The number of aryl methyl sites for hydroxylation is 2. The average Bonchev–Trinajstić information content (AvgIpc) is 2.34. The van der Waals surface area contributed by atoms with Gasteiger partial charge in [-0.3, -0.25) is 0 Å². The molecule has 0 heterocycles. The number of hydrogen-bond acceptors (Lipinski definition) is 2. The van der Waals surface area contributed by atoms with Gasteiger partial charge in [-0.15, -0.1) is 0 Å². The molecular formula is C15H13BrN2. The van der Waals surface area contributed by atoms with Gasteiger partial charge in [0.2, 0.25) is 0 Å². The van der Waals surface area contributed by atoms with Crippen molar-refractivity contribution in [2.75, 3.05) is 5.32 Å². The van der Waals surface area contributed by atoms with Crippen LogP contribution in [0.5, 0.6) is 0 Å². The van der Waals surface area contributed by atoms with Crippen LogP contribution in [-0.4, -0.2) is 0 Å². The second-order valence-corrected chi connectivity index (χ2v) is 5.14. The Kier molecular flexibility index (Phi) is 3.69. The van der Waals surface area contributed by atoms with E-state index in [1.807, 2.05) is 24.3 Å². The predicted octanol–water partition coefficient (Wildman–Crippen LogP) is 4.68. The van der Waals surface area contributed by atoms with Crippen LogP contribution in [0.1, 0.15) is 16.7 Å². The fourth-order valence-electron chi connectivity index (χ4n) is 1.88. The van der Waals surface area contributed by atoms with Crippen LogP contribution in [0.2, 0.25) is 0 Å². The standard InChI is InChI=1S/C15H13BrN2/c1-10-7-13(16)8-11(2)15(10)18-14-5-3-12(9-17)4-6-14/h3-8,18H,1-2H3. The molecule has 2 rings (SSSR count). The fraction of sp³-hybridized carbons (Fsp3) is 0.133. The first-order chi connectivity index (χ1) is 8.60. The first kappa shape index (κ1) is 12.7. The van der Waals surface area contributed by atoms with E-state index in [0.717, 1.165) is 15.8 Å². The van der Waals surface area contributed by atoms with E-state index in [2.05, 4.69) is 53.3 Å². The zero-order chi connectivity index (χ0) is 13.1. The van der Waals surface area contributed by atoms with Gasteiger partial charge in [-0.05, 0) is 61.4 Å². The Balaban J connectivity index is 2.31. The molecule has 18 heavy (non-hydrogen) atoms. The van der Waals surface area contributed by atoms with Gasteiger partial charge in [0.05, 0.1) is 11.6 Å². The molecular weight excluding hydrogens is 288 g/mol. The van der Waals surface area contributed by atoms with Crippen LogP contribution in [0.3, 0.4) is 0 Å². The Morgan fingerprint density at radius 1 is 1.06 bits per heavy atom. The lowest BCUT2D eigenvalue weighted by Crippen LogP contribution is -1.96. The van der Waals surface area contributed by atoms with Crippen molar-refractivity contribution in [1.29, 1.82) is 5.26 Å². The molecule has 0 spiro atoms. The highest BCUT2D eigenvalue weighted by molar-refractivity contribution is 9.10. The van der Waals surface area contributed by atoms with Gasteiger partial charge in [-0.2, -0.15) is 5.26 Å². The van der Waals surface area contributed by atoms with Gasteiger partial charge < -0.3 is 5.32 Å². The number of nitrogens with one attached hydrogen (secondary N) is 1. The molecule has 0 aliphatic carbocycles. The van der Waals surface area contributed by atoms with Crippen LogP contribution in [0, 0.1) is 25.2 Å². The molecule has 0 aliphatic rings. The summed E-state index contributed by atoms with van der Waals surface area (Å²) in [4.78, 5) is 0. The van der Waals surface area contributed by atoms with Gasteiger partial charge in [0.25, 0.3) is 0 Å². The molecule has 0 aromatic heterocycles. The van der Waals surface area contributed by atoms with Gasteiger partial charge in [0.1, 0.15) is 0 Å². The van der Waals surface area contributed by atoms with Gasteiger partial charge >= 0.3 is 0 Å². The molecule has 0 fully saturated rings. The zero-order valence-electron chi connectivity index (χ0n) is 10.3. The highest BCUT2D eigenvalue weighted by Crippen LogP contribution is 2.28. The molecule has 2 nitrogen and oxygen atoms in total. The molecule has 0 unspecified atom stereocenters. The van der Waals surface area contributed by atoms with Crippen molar-refractivity contribution in [3.05, 3.63) is 57.6 Å². The summed E-state index contributed by atoms with van der Waals surface area (Å²) in [6.07, 6.45) is 0. The van der Waals surface area contributed by atoms with E-state index in [4.69, 9.17) is 5.26 Å². The van der Waals surface area contributed by atoms with Crippen LogP contribution in [0.25, 0.3) is 0 Å². The largest absolute Gasteiger partial charge is 0.355 e. The summed E-state index contributed by atoms with van der Waals surface area (Å²) in [7, 11) is 0. The van der Waals surface area contributed by atoms with Crippen molar-refractivity contribution < 1.29 is 0 Å². The molecule has 0 atom stereocenters. The quantitative estimate of drug-likeness (QED) is 0.874. The van der Waals surface area contributed by atoms with Gasteiger partial charge in [-0.25, -0.2) is 0 Å². The van der Waals surface area contributed by atoms with Gasteiger partial charge in [-0.1, -0.05) is 15.9 Å². The lowest BCUT2D eigenvalue weighted by Gasteiger charge is -2.13. The minimum atomic E-state index is 0.671. The van der Waals surface area contributed by atoms with Crippen LogP contribution >= 0.6 is 15.9 Å². The van der Waals surface area contributed by atoms with Crippen molar-refractivity contribution in [3.8, 4) is 6.07 Å². The lowest BCUT2D eigenvalue weighted by atomic mass is 10.1. The van der Waals surface area contributed by atoms with Gasteiger partial charge in [0.15, 0.2) is 0 Å². The molecule has 0 aliphatic heterocycles. The van der Waals surface area contributed by atoms with Crippen molar-refractivity contribution in [2.45, 2.75) is 13.8 Å². The molecule has 0 saturated heterocycles. The number of rotatable bonds is 2. The van der Waals surface area contributed by atoms with Crippen LogP contribution in [0.4, 0.5) is 11.4 Å². The van der Waals surface area contributed by atoms with E-state index < -0.39 is 0 Å². The first-order valence-electron chi connectivity index (χ1n) is 5.64. The lowest BCUT2D eigenvalue weighted by molar-refractivity contribution is 1.34. The molecule has 1 N–H and O–H groups in total. The summed E-state index contributed by atoms with van der Waals surface area (Å²) in [6, 6.07) is 13.7. The highest BCUT2D eigenvalue weighted by Gasteiger charge is 2.04. The topological polar surface area (TPSA) is 35.8 Å². The molecule has 2 aromatic carbocycles. The Hall–Kier alpha value is -1.79. The maximum Gasteiger partial charge on any atom is 0.0991 e. The van der Waals surface area contributed by atoms with E-state index in [9.17, 15) is 0 Å². The molecule has 90 valence electrons.